The molecule has 1 rings (SSSR count). The second-order valence-corrected chi connectivity index (χ2v) is 2.37. The maximum absolute atomic E-state index is 10.2. The van der Waals surface area contributed by atoms with E-state index in [2.05, 4.69) is 5.32 Å². The molecule has 0 aliphatic rings. The summed E-state index contributed by atoms with van der Waals surface area (Å²) in [5.41, 5.74) is 6.86. The van der Waals surface area contributed by atoms with Gasteiger partial charge in [0.1, 0.15) is 6.54 Å². The molecule has 0 aromatic heterocycles. The van der Waals surface area contributed by atoms with Crippen molar-refractivity contribution in [2.45, 2.75) is 0 Å². The number of nitrogen functional groups attached to an aromatic ring is 1. The van der Waals surface area contributed by atoms with Crippen molar-refractivity contribution in [2.75, 3.05) is 17.6 Å². The van der Waals surface area contributed by atoms with Crippen molar-refractivity contribution in [2.24, 2.45) is 0 Å². The number of nitrogens with two attached hydrogens (primary N) is 1. The first-order valence-electron chi connectivity index (χ1n) is 3.49. The first-order chi connectivity index (χ1) is 5.68. The summed E-state index contributed by atoms with van der Waals surface area (Å²) in [5, 5.41) is 11.1. The zero-order chi connectivity index (χ0) is 8.97. The fraction of sp³-hybridized carbons (Fsp3) is 0.125. The molecule has 0 aliphatic carbocycles. The first-order valence-corrected chi connectivity index (χ1v) is 3.49. The maximum Gasteiger partial charge on any atom is 0.322 e. The van der Waals surface area contributed by atoms with Crippen LogP contribution >= 0.6 is 24.8 Å². The zero-order valence-corrected chi connectivity index (χ0v) is 8.90. The molecule has 0 saturated carbocycles. The summed E-state index contributed by atoms with van der Waals surface area (Å²) < 4.78 is 0. The molecule has 0 spiro atoms. The second kappa shape index (κ2) is 7.29. The lowest BCUT2D eigenvalue weighted by atomic mass is 10.3. The van der Waals surface area contributed by atoms with Crippen LogP contribution < -0.4 is 11.1 Å². The topological polar surface area (TPSA) is 75.3 Å². The molecule has 0 heterocycles. The summed E-state index contributed by atoms with van der Waals surface area (Å²) in [6, 6.07) is 6.89. The van der Waals surface area contributed by atoms with Gasteiger partial charge in [-0.3, -0.25) is 4.79 Å². The number of anilines is 2. The summed E-state index contributed by atoms with van der Waals surface area (Å²) >= 11 is 0. The van der Waals surface area contributed by atoms with Gasteiger partial charge in [-0.25, -0.2) is 0 Å². The van der Waals surface area contributed by atoms with Gasteiger partial charge in [-0.05, 0) is 24.3 Å². The molecule has 0 unspecified atom stereocenters. The lowest BCUT2D eigenvalue weighted by Crippen LogP contribution is -2.12. The van der Waals surface area contributed by atoms with Crippen molar-refractivity contribution in [3.63, 3.8) is 0 Å². The highest BCUT2D eigenvalue weighted by Gasteiger charge is 1.95. The van der Waals surface area contributed by atoms with Crippen LogP contribution in [0.4, 0.5) is 11.4 Å². The van der Waals surface area contributed by atoms with Gasteiger partial charge in [0.25, 0.3) is 0 Å². The van der Waals surface area contributed by atoms with Gasteiger partial charge in [0.2, 0.25) is 0 Å². The number of benzene rings is 1. The molecule has 0 amide bonds. The van der Waals surface area contributed by atoms with E-state index < -0.39 is 5.97 Å². The Morgan fingerprint density at radius 1 is 1.29 bits per heavy atom. The van der Waals surface area contributed by atoms with Crippen LogP contribution in [0.5, 0.6) is 0 Å². The second-order valence-electron chi connectivity index (χ2n) is 2.37. The van der Waals surface area contributed by atoms with Crippen molar-refractivity contribution >= 4 is 42.2 Å². The molecule has 4 N–H and O–H groups in total. The van der Waals surface area contributed by atoms with Crippen LogP contribution in [0.1, 0.15) is 0 Å². The van der Waals surface area contributed by atoms with E-state index in [1.54, 1.807) is 24.3 Å². The Kier molecular flexibility index (Phi) is 7.99. The summed E-state index contributed by atoms with van der Waals surface area (Å²) in [5.74, 6) is -0.883. The van der Waals surface area contributed by atoms with Gasteiger partial charge in [-0.15, -0.1) is 24.8 Å². The predicted molar refractivity (Wildman–Crippen MR) is 61.5 cm³/mol. The third-order valence-corrected chi connectivity index (χ3v) is 1.35. The van der Waals surface area contributed by atoms with Crippen LogP contribution in [0, 0.1) is 0 Å². The summed E-state index contributed by atoms with van der Waals surface area (Å²) in [7, 11) is 0. The summed E-state index contributed by atoms with van der Waals surface area (Å²) in [6.07, 6.45) is 0. The molecular weight excluding hydrogens is 227 g/mol. The standard InChI is InChI=1S/C8H10N2O2.2ClH/c9-6-1-3-7(4-2-6)10-5-8(11)12;;/h1-4,10H,5,9H2,(H,11,12);2*1H. The van der Waals surface area contributed by atoms with Crippen LogP contribution in [0.3, 0.4) is 0 Å². The molecule has 0 saturated heterocycles. The Balaban J connectivity index is 0. The third-order valence-electron chi connectivity index (χ3n) is 1.35. The molecule has 0 aliphatic heterocycles. The van der Waals surface area contributed by atoms with Gasteiger partial charge in [0.05, 0.1) is 0 Å². The Labute approximate surface area is 94.3 Å². The highest BCUT2D eigenvalue weighted by atomic mass is 35.5. The fourth-order valence-electron chi connectivity index (χ4n) is 0.779. The van der Waals surface area contributed by atoms with Gasteiger partial charge in [0, 0.05) is 11.4 Å². The Morgan fingerprint density at radius 2 is 1.79 bits per heavy atom. The minimum absolute atomic E-state index is 0. The molecule has 0 bridgehead atoms. The van der Waals surface area contributed by atoms with E-state index >= 15 is 0 Å². The summed E-state index contributed by atoms with van der Waals surface area (Å²) in [4.78, 5) is 10.2. The molecule has 0 atom stereocenters. The molecule has 4 nitrogen and oxygen atoms in total. The van der Waals surface area contributed by atoms with Crippen molar-refractivity contribution in [3.8, 4) is 0 Å². The van der Waals surface area contributed by atoms with Gasteiger partial charge in [-0.2, -0.15) is 0 Å². The number of carboxylic acid groups (broad SMARTS) is 1. The number of carbonyl (C=O) groups is 1. The van der Waals surface area contributed by atoms with Crippen molar-refractivity contribution in [1.29, 1.82) is 0 Å². The molecule has 80 valence electrons. The van der Waals surface area contributed by atoms with E-state index in [1.165, 1.54) is 0 Å². The fourth-order valence-corrected chi connectivity index (χ4v) is 0.779. The minimum atomic E-state index is -0.883. The zero-order valence-electron chi connectivity index (χ0n) is 7.27. The summed E-state index contributed by atoms with van der Waals surface area (Å²) in [6.45, 7) is -0.0794. The van der Waals surface area contributed by atoms with E-state index in [4.69, 9.17) is 10.8 Å². The van der Waals surface area contributed by atoms with Gasteiger partial charge >= 0.3 is 5.97 Å². The molecule has 6 heteroatoms. The van der Waals surface area contributed by atoms with Crippen molar-refractivity contribution in [3.05, 3.63) is 24.3 Å². The average Bonchev–Trinajstić information content (AvgIpc) is 2.03. The van der Waals surface area contributed by atoms with Gasteiger partial charge < -0.3 is 16.2 Å². The van der Waals surface area contributed by atoms with E-state index in [0.29, 0.717) is 5.69 Å². The number of rotatable bonds is 3. The SMILES string of the molecule is Cl.Cl.Nc1ccc(NCC(=O)O)cc1. The number of nitrogens with one attached hydrogen (secondary N) is 1. The number of hydrogen-bond donors (Lipinski definition) is 3. The quantitative estimate of drug-likeness (QED) is 0.700. The van der Waals surface area contributed by atoms with Crippen molar-refractivity contribution in [1.82, 2.24) is 0 Å². The number of halogens is 2. The molecular formula is C8H12Cl2N2O2. The lowest BCUT2D eigenvalue weighted by Gasteiger charge is -2.02. The van der Waals surface area contributed by atoms with Gasteiger partial charge in [0.15, 0.2) is 0 Å². The lowest BCUT2D eigenvalue weighted by molar-refractivity contribution is -0.134. The normalized spacial score (nSPS) is 8.00. The Hall–Kier alpha value is -1.13. The largest absolute Gasteiger partial charge is 0.480 e. The van der Waals surface area contributed by atoms with Crippen molar-refractivity contribution < 1.29 is 9.90 Å². The van der Waals surface area contributed by atoms with Crippen LogP contribution in [0.2, 0.25) is 0 Å². The van der Waals surface area contributed by atoms with E-state index in [1.807, 2.05) is 0 Å². The number of aliphatic carboxylic acids is 1. The molecule has 14 heavy (non-hydrogen) atoms. The van der Waals surface area contributed by atoms with Crippen LogP contribution in [-0.4, -0.2) is 17.6 Å². The number of hydrogen-bond acceptors (Lipinski definition) is 3. The van der Waals surface area contributed by atoms with Crippen LogP contribution in [-0.2, 0) is 4.79 Å². The van der Waals surface area contributed by atoms with Crippen LogP contribution in [0.15, 0.2) is 24.3 Å². The van der Waals surface area contributed by atoms with E-state index in [9.17, 15) is 4.79 Å². The Morgan fingerprint density at radius 3 is 2.21 bits per heavy atom. The highest BCUT2D eigenvalue weighted by Crippen LogP contribution is 2.09. The molecule has 0 radical (unpaired) electrons. The Bertz CT molecular complexity index is 277. The van der Waals surface area contributed by atoms with E-state index in [-0.39, 0.29) is 31.4 Å². The minimum Gasteiger partial charge on any atom is -0.480 e. The third kappa shape index (κ3) is 5.50. The smallest absolute Gasteiger partial charge is 0.322 e. The molecule has 1 aromatic carbocycles. The van der Waals surface area contributed by atoms with Crippen LogP contribution in [0.25, 0.3) is 0 Å². The first kappa shape index (κ1) is 15.3. The van der Waals surface area contributed by atoms with E-state index in [0.717, 1.165) is 5.69 Å². The highest BCUT2D eigenvalue weighted by molar-refractivity contribution is 5.85. The number of carboxylic acids is 1. The maximum atomic E-state index is 10.2. The monoisotopic (exact) mass is 238 g/mol. The van der Waals surface area contributed by atoms with Gasteiger partial charge in [-0.1, -0.05) is 0 Å². The predicted octanol–water partition coefficient (Wildman–Crippen LogP) is 1.61. The molecule has 0 fully saturated rings. The molecule has 1 aromatic rings. The average molecular weight is 239 g/mol.